The van der Waals surface area contributed by atoms with Crippen LogP contribution in [0.2, 0.25) is 10.3 Å². The summed E-state index contributed by atoms with van der Waals surface area (Å²) in [5.41, 5.74) is 0. The Balaban J connectivity index is 1.42. The smallest absolute Gasteiger partial charge is 0.361 e. The second kappa shape index (κ2) is 5.91. The molecule has 0 amide bonds. The number of ether oxygens (including phenoxy) is 3. The number of halogens is 2. The molecule has 0 fully saturated rings. The maximum Gasteiger partial charge on any atom is 0.361 e. The Hall–Kier alpha value is -1.43. The molecule has 0 radical (unpaired) electrons. The summed E-state index contributed by atoms with van der Waals surface area (Å²) in [7, 11) is 0. The van der Waals surface area contributed by atoms with Crippen LogP contribution in [0.25, 0.3) is 0 Å². The van der Waals surface area contributed by atoms with Gasteiger partial charge in [0.1, 0.15) is 5.15 Å². The number of rotatable bonds is 5. The molecule has 1 aromatic carbocycles. The predicted molar refractivity (Wildman–Crippen MR) is 74.3 cm³/mol. The van der Waals surface area contributed by atoms with Crippen molar-refractivity contribution in [2.45, 2.75) is 19.4 Å². The number of aryl methyl sites for hydroxylation is 1. The third kappa shape index (κ3) is 2.85. The van der Waals surface area contributed by atoms with Crippen molar-refractivity contribution in [1.29, 1.82) is 0 Å². The van der Waals surface area contributed by atoms with Gasteiger partial charge in [0.2, 0.25) is 0 Å². The van der Waals surface area contributed by atoms with Gasteiger partial charge in [0.15, 0.2) is 16.7 Å². The van der Waals surface area contributed by atoms with Gasteiger partial charge in [-0.1, -0.05) is 35.3 Å². The van der Waals surface area contributed by atoms with Crippen molar-refractivity contribution in [2.75, 3.05) is 6.61 Å². The molecular weight excluding hydrogens is 303 g/mol. The van der Waals surface area contributed by atoms with Crippen LogP contribution in [-0.4, -0.2) is 22.6 Å². The first kappa shape index (κ1) is 13.5. The standard InChI is InChI=1S/C13H12Cl2N2O3/c14-11-12(15)17(8-16-11)6-3-7-18-13-19-9-4-1-2-5-10(9)20-13/h1-2,4-5,8,13H,3,6-7H2. The number of benzene rings is 1. The topological polar surface area (TPSA) is 45.5 Å². The van der Waals surface area contributed by atoms with Crippen LogP contribution in [-0.2, 0) is 11.3 Å². The molecule has 0 saturated carbocycles. The van der Waals surface area contributed by atoms with Gasteiger partial charge in [0.25, 0.3) is 0 Å². The minimum absolute atomic E-state index is 0.311. The van der Waals surface area contributed by atoms with Crippen molar-refractivity contribution in [1.82, 2.24) is 9.55 Å². The zero-order valence-electron chi connectivity index (χ0n) is 10.5. The van der Waals surface area contributed by atoms with E-state index in [9.17, 15) is 0 Å². The summed E-state index contributed by atoms with van der Waals surface area (Å²) in [6, 6.07) is 7.45. The Morgan fingerprint density at radius 1 is 1.20 bits per heavy atom. The van der Waals surface area contributed by atoms with E-state index in [0.29, 0.717) is 35.0 Å². The number of aromatic nitrogens is 2. The quantitative estimate of drug-likeness (QED) is 0.794. The minimum Gasteiger partial charge on any atom is -0.428 e. The second-order valence-electron chi connectivity index (χ2n) is 4.22. The average Bonchev–Trinajstić information content (AvgIpc) is 3.00. The molecule has 2 aromatic rings. The maximum absolute atomic E-state index is 5.95. The highest BCUT2D eigenvalue weighted by Crippen LogP contribution is 2.34. The molecule has 1 aromatic heterocycles. The number of hydrogen-bond donors (Lipinski definition) is 0. The molecular formula is C13H12Cl2N2O3. The zero-order chi connectivity index (χ0) is 13.9. The Bertz CT molecular complexity index is 578. The van der Waals surface area contributed by atoms with Crippen LogP contribution in [0, 0.1) is 0 Å². The monoisotopic (exact) mass is 314 g/mol. The van der Waals surface area contributed by atoms with Crippen LogP contribution in [0.4, 0.5) is 0 Å². The lowest BCUT2D eigenvalue weighted by atomic mass is 10.3. The van der Waals surface area contributed by atoms with Crippen LogP contribution in [0.3, 0.4) is 0 Å². The van der Waals surface area contributed by atoms with Crippen LogP contribution in [0.5, 0.6) is 11.5 Å². The largest absolute Gasteiger partial charge is 0.428 e. The molecule has 5 nitrogen and oxygen atoms in total. The lowest BCUT2D eigenvalue weighted by Gasteiger charge is -2.11. The van der Waals surface area contributed by atoms with Gasteiger partial charge in [-0.25, -0.2) is 4.98 Å². The Kier molecular flexibility index (Phi) is 4.00. The van der Waals surface area contributed by atoms with E-state index in [1.54, 1.807) is 10.9 Å². The van der Waals surface area contributed by atoms with Gasteiger partial charge in [-0.3, -0.25) is 0 Å². The third-order valence-corrected chi connectivity index (χ3v) is 3.60. The van der Waals surface area contributed by atoms with E-state index in [-0.39, 0.29) is 0 Å². The van der Waals surface area contributed by atoms with Crippen molar-refractivity contribution in [3.05, 3.63) is 40.9 Å². The number of hydrogen-bond acceptors (Lipinski definition) is 4. The first-order valence-electron chi connectivity index (χ1n) is 6.14. The zero-order valence-corrected chi connectivity index (χ0v) is 12.0. The minimum atomic E-state index is -0.686. The fourth-order valence-electron chi connectivity index (χ4n) is 1.86. The Morgan fingerprint density at radius 2 is 1.90 bits per heavy atom. The van der Waals surface area contributed by atoms with Crippen molar-refractivity contribution in [3.8, 4) is 11.5 Å². The lowest BCUT2D eigenvalue weighted by Crippen LogP contribution is -2.23. The molecule has 0 bridgehead atoms. The van der Waals surface area contributed by atoms with E-state index in [1.807, 2.05) is 24.3 Å². The van der Waals surface area contributed by atoms with Gasteiger partial charge in [-0.2, -0.15) is 0 Å². The highest BCUT2D eigenvalue weighted by Gasteiger charge is 2.23. The molecule has 2 heterocycles. The van der Waals surface area contributed by atoms with Gasteiger partial charge < -0.3 is 18.8 Å². The summed E-state index contributed by atoms with van der Waals surface area (Å²) >= 11 is 11.7. The number of fused-ring (bicyclic) bond motifs is 1. The lowest BCUT2D eigenvalue weighted by molar-refractivity contribution is -0.177. The number of para-hydroxylation sites is 2. The van der Waals surface area contributed by atoms with Crippen LogP contribution in [0.1, 0.15) is 6.42 Å². The highest BCUT2D eigenvalue weighted by molar-refractivity contribution is 6.40. The molecule has 1 aliphatic rings. The molecule has 20 heavy (non-hydrogen) atoms. The third-order valence-electron chi connectivity index (χ3n) is 2.83. The normalized spacial score (nSPS) is 13.9. The molecule has 0 aliphatic carbocycles. The Morgan fingerprint density at radius 3 is 2.50 bits per heavy atom. The summed E-state index contributed by atoms with van der Waals surface area (Å²) in [6.45, 7) is 0.456. The van der Waals surface area contributed by atoms with E-state index in [4.69, 9.17) is 37.4 Å². The molecule has 3 rings (SSSR count). The molecule has 0 N–H and O–H groups in total. The summed E-state index contributed by atoms with van der Waals surface area (Å²) in [5, 5.41) is 0.748. The van der Waals surface area contributed by atoms with E-state index in [2.05, 4.69) is 4.98 Å². The van der Waals surface area contributed by atoms with Crippen molar-refractivity contribution in [2.24, 2.45) is 0 Å². The van der Waals surface area contributed by atoms with Gasteiger partial charge in [-0.15, -0.1) is 0 Å². The fourth-order valence-corrected chi connectivity index (χ4v) is 2.19. The van der Waals surface area contributed by atoms with Crippen molar-refractivity contribution in [3.63, 3.8) is 0 Å². The van der Waals surface area contributed by atoms with E-state index >= 15 is 0 Å². The maximum atomic E-state index is 5.95. The van der Waals surface area contributed by atoms with E-state index in [1.165, 1.54) is 0 Å². The van der Waals surface area contributed by atoms with E-state index in [0.717, 1.165) is 6.42 Å². The van der Waals surface area contributed by atoms with Crippen LogP contribution in [0.15, 0.2) is 30.6 Å². The summed E-state index contributed by atoms with van der Waals surface area (Å²) in [4.78, 5) is 3.91. The van der Waals surface area contributed by atoms with Crippen molar-refractivity contribution < 1.29 is 14.2 Å². The summed E-state index contributed by atoms with van der Waals surface area (Å²) in [5.74, 6) is 1.39. The van der Waals surface area contributed by atoms with Crippen LogP contribution < -0.4 is 9.47 Å². The Labute approximate surface area is 126 Å². The number of imidazole rings is 1. The molecule has 0 saturated heterocycles. The van der Waals surface area contributed by atoms with Gasteiger partial charge in [0, 0.05) is 6.54 Å². The molecule has 1 aliphatic heterocycles. The van der Waals surface area contributed by atoms with Gasteiger partial charge >= 0.3 is 6.48 Å². The summed E-state index contributed by atoms with van der Waals surface area (Å²) in [6.07, 6.45) is 2.34. The van der Waals surface area contributed by atoms with Crippen LogP contribution >= 0.6 is 23.2 Å². The number of nitrogens with zero attached hydrogens (tertiary/aromatic N) is 2. The molecule has 0 unspecified atom stereocenters. The molecule has 0 spiro atoms. The SMILES string of the molecule is Clc1ncn(CCCOC2Oc3ccccc3O2)c1Cl. The second-order valence-corrected chi connectivity index (χ2v) is 4.93. The summed E-state index contributed by atoms with van der Waals surface area (Å²) < 4.78 is 18.2. The van der Waals surface area contributed by atoms with Gasteiger partial charge in [-0.05, 0) is 18.6 Å². The van der Waals surface area contributed by atoms with Crippen molar-refractivity contribution >= 4 is 23.2 Å². The molecule has 106 valence electrons. The highest BCUT2D eigenvalue weighted by atomic mass is 35.5. The van der Waals surface area contributed by atoms with E-state index < -0.39 is 6.48 Å². The fraction of sp³-hybridized carbons (Fsp3) is 0.308. The molecule has 7 heteroatoms. The first-order valence-corrected chi connectivity index (χ1v) is 6.90. The van der Waals surface area contributed by atoms with Gasteiger partial charge in [0.05, 0.1) is 12.9 Å². The first-order chi connectivity index (χ1) is 9.74. The average molecular weight is 315 g/mol. The predicted octanol–water partition coefficient (Wildman–Crippen LogP) is 3.35. The molecule has 0 atom stereocenters.